The molecule has 3 nitrogen and oxygen atoms in total. The molecular formula is C20H23NO2. The molecule has 1 amide bonds. The lowest BCUT2D eigenvalue weighted by Gasteiger charge is -2.20. The molecule has 1 N–H and O–H groups in total. The third-order valence-corrected chi connectivity index (χ3v) is 5.65. The SMILES string of the molecule is COc1ccc2cc(CNC(=O)C3CC4CCC3C4)ccc2c1. The van der Waals surface area contributed by atoms with Gasteiger partial charge in [-0.25, -0.2) is 0 Å². The zero-order valence-electron chi connectivity index (χ0n) is 13.5. The summed E-state index contributed by atoms with van der Waals surface area (Å²) in [6.07, 6.45) is 4.97. The van der Waals surface area contributed by atoms with Gasteiger partial charge in [0.25, 0.3) is 0 Å². The largest absolute Gasteiger partial charge is 0.497 e. The Hall–Kier alpha value is -2.03. The molecule has 2 aromatic carbocycles. The summed E-state index contributed by atoms with van der Waals surface area (Å²) in [5.41, 5.74) is 1.15. The van der Waals surface area contributed by atoms with Crippen molar-refractivity contribution in [2.75, 3.05) is 7.11 Å². The van der Waals surface area contributed by atoms with Crippen LogP contribution < -0.4 is 10.1 Å². The van der Waals surface area contributed by atoms with Crippen LogP contribution in [0.5, 0.6) is 5.75 Å². The summed E-state index contributed by atoms with van der Waals surface area (Å²) in [5, 5.41) is 5.49. The maximum Gasteiger partial charge on any atom is 0.223 e. The molecule has 23 heavy (non-hydrogen) atoms. The quantitative estimate of drug-likeness (QED) is 0.930. The molecule has 0 aliphatic heterocycles. The van der Waals surface area contributed by atoms with Crippen molar-refractivity contribution in [3.63, 3.8) is 0 Å². The minimum atomic E-state index is 0.257. The van der Waals surface area contributed by atoms with Gasteiger partial charge in [-0.05, 0) is 65.6 Å². The van der Waals surface area contributed by atoms with Gasteiger partial charge in [-0.1, -0.05) is 24.6 Å². The summed E-state index contributed by atoms with van der Waals surface area (Å²) in [6, 6.07) is 12.4. The fourth-order valence-electron chi connectivity index (χ4n) is 4.40. The Balaban J connectivity index is 1.42. The van der Waals surface area contributed by atoms with Crippen molar-refractivity contribution < 1.29 is 9.53 Å². The van der Waals surface area contributed by atoms with Gasteiger partial charge in [0.05, 0.1) is 7.11 Å². The lowest BCUT2D eigenvalue weighted by atomic mass is 9.88. The topological polar surface area (TPSA) is 38.3 Å². The molecule has 2 fully saturated rings. The first kappa shape index (κ1) is 14.6. The standard InChI is InChI=1S/C20H23NO2/c1-23-18-7-6-15-9-14(3-4-16(15)11-18)12-21-20(22)19-10-13-2-5-17(19)8-13/h3-4,6-7,9,11,13,17,19H,2,5,8,10,12H2,1H3,(H,21,22). The second-order valence-electron chi connectivity index (χ2n) is 7.05. The van der Waals surface area contributed by atoms with Crippen LogP contribution in [0.25, 0.3) is 10.8 Å². The number of nitrogens with one attached hydrogen (secondary N) is 1. The van der Waals surface area contributed by atoms with E-state index in [4.69, 9.17) is 4.74 Å². The molecule has 0 heterocycles. The highest BCUT2D eigenvalue weighted by atomic mass is 16.5. The molecule has 2 aliphatic carbocycles. The summed E-state index contributed by atoms with van der Waals surface area (Å²) in [4.78, 5) is 12.4. The van der Waals surface area contributed by atoms with Gasteiger partial charge in [0.1, 0.15) is 5.75 Å². The average molecular weight is 309 g/mol. The highest BCUT2D eigenvalue weighted by molar-refractivity contribution is 5.85. The fraction of sp³-hybridized carbons (Fsp3) is 0.450. The zero-order valence-corrected chi connectivity index (χ0v) is 13.5. The molecule has 3 unspecified atom stereocenters. The highest BCUT2D eigenvalue weighted by Crippen LogP contribution is 2.48. The van der Waals surface area contributed by atoms with Gasteiger partial charge < -0.3 is 10.1 Å². The van der Waals surface area contributed by atoms with Crippen molar-refractivity contribution >= 4 is 16.7 Å². The van der Waals surface area contributed by atoms with Crippen LogP contribution in [0, 0.1) is 17.8 Å². The molecule has 0 spiro atoms. The summed E-state index contributed by atoms with van der Waals surface area (Å²) >= 11 is 0. The zero-order chi connectivity index (χ0) is 15.8. The van der Waals surface area contributed by atoms with Crippen molar-refractivity contribution in [3.05, 3.63) is 42.0 Å². The van der Waals surface area contributed by atoms with Crippen molar-refractivity contribution in [1.82, 2.24) is 5.32 Å². The molecule has 2 aliphatic rings. The number of hydrogen-bond acceptors (Lipinski definition) is 2. The molecule has 0 aromatic heterocycles. The van der Waals surface area contributed by atoms with Crippen LogP contribution in [0.4, 0.5) is 0 Å². The number of amides is 1. The molecule has 120 valence electrons. The van der Waals surface area contributed by atoms with Crippen LogP contribution in [0.1, 0.15) is 31.2 Å². The molecule has 0 saturated heterocycles. The summed E-state index contributed by atoms with van der Waals surface area (Å²) in [6.45, 7) is 0.620. The van der Waals surface area contributed by atoms with Gasteiger partial charge in [-0.3, -0.25) is 4.79 Å². The Kier molecular flexibility index (Phi) is 3.72. The average Bonchev–Trinajstić information content (AvgIpc) is 3.22. The fourth-order valence-corrected chi connectivity index (χ4v) is 4.40. The van der Waals surface area contributed by atoms with Crippen LogP contribution in [0.3, 0.4) is 0 Å². The van der Waals surface area contributed by atoms with Gasteiger partial charge >= 0.3 is 0 Å². The van der Waals surface area contributed by atoms with E-state index in [-0.39, 0.29) is 11.8 Å². The summed E-state index contributed by atoms with van der Waals surface area (Å²) in [5.74, 6) is 2.84. The lowest BCUT2D eigenvalue weighted by molar-refractivity contribution is -0.126. The molecule has 2 saturated carbocycles. The van der Waals surface area contributed by atoms with Crippen LogP contribution in [0.2, 0.25) is 0 Å². The molecule has 2 aromatic rings. The highest BCUT2D eigenvalue weighted by Gasteiger charge is 2.42. The predicted octanol–water partition coefficient (Wildman–Crippen LogP) is 3.90. The Morgan fingerprint density at radius 1 is 1.13 bits per heavy atom. The number of ether oxygens (including phenoxy) is 1. The lowest BCUT2D eigenvalue weighted by Crippen LogP contribution is -2.33. The summed E-state index contributed by atoms with van der Waals surface area (Å²) in [7, 11) is 1.68. The molecule has 3 heteroatoms. The van der Waals surface area contributed by atoms with E-state index in [1.807, 2.05) is 12.1 Å². The van der Waals surface area contributed by atoms with Crippen LogP contribution in [0.15, 0.2) is 36.4 Å². The Morgan fingerprint density at radius 3 is 2.70 bits per heavy atom. The van der Waals surface area contributed by atoms with Crippen molar-refractivity contribution in [2.45, 2.75) is 32.2 Å². The first-order valence-corrected chi connectivity index (χ1v) is 8.57. The normalized spacial score (nSPS) is 25.7. The van der Waals surface area contributed by atoms with Gasteiger partial charge in [-0.15, -0.1) is 0 Å². The van der Waals surface area contributed by atoms with Crippen LogP contribution in [-0.4, -0.2) is 13.0 Å². The number of methoxy groups -OCH3 is 1. The van der Waals surface area contributed by atoms with Gasteiger partial charge in [-0.2, -0.15) is 0 Å². The summed E-state index contributed by atoms with van der Waals surface area (Å²) < 4.78 is 5.26. The second-order valence-corrected chi connectivity index (χ2v) is 7.05. The van der Waals surface area contributed by atoms with Crippen molar-refractivity contribution in [3.8, 4) is 5.75 Å². The van der Waals surface area contributed by atoms with E-state index in [1.54, 1.807) is 7.11 Å². The number of hydrogen-bond donors (Lipinski definition) is 1. The minimum absolute atomic E-state index is 0.257. The van der Waals surface area contributed by atoms with E-state index in [1.165, 1.54) is 24.6 Å². The molecule has 0 radical (unpaired) electrons. The molecule has 3 atom stereocenters. The second kappa shape index (κ2) is 5.88. The Labute approximate surface area is 137 Å². The van der Waals surface area contributed by atoms with Crippen LogP contribution in [-0.2, 0) is 11.3 Å². The van der Waals surface area contributed by atoms with E-state index in [9.17, 15) is 4.79 Å². The van der Waals surface area contributed by atoms with Gasteiger partial charge in [0, 0.05) is 12.5 Å². The van der Waals surface area contributed by atoms with Gasteiger partial charge in [0.2, 0.25) is 5.91 Å². The third-order valence-electron chi connectivity index (χ3n) is 5.65. The number of carbonyl (C=O) groups excluding carboxylic acids is 1. The van der Waals surface area contributed by atoms with E-state index in [0.717, 1.165) is 29.0 Å². The maximum absolute atomic E-state index is 12.4. The Bertz CT molecular complexity index is 739. The van der Waals surface area contributed by atoms with E-state index in [0.29, 0.717) is 12.5 Å². The Morgan fingerprint density at radius 2 is 1.96 bits per heavy atom. The number of carbonyl (C=O) groups is 1. The predicted molar refractivity (Wildman–Crippen MR) is 91.3 cm³/mol. The number of benzene rings is 2. The van der Waals surface area contributed by atoms with Crippen LogP contribution >= 0.6 is 0 Å². The molecular weight excluding hydrogens is 286 g/mol. The number of rotatable bonds is 4. The monoisotopic (exact) mass is 309 g/mol. The van der Waals surface area contributed by atoms with Crippen molar-refractivity contribution in [1.29, 1.82) is 0 Å². The number of fused-ring (bicyclic) bond motifs is 3. The minimum Gasteiger partial charge on any atom is -0.497 e. The first-order chi connectivity index (χ1) is 11.2. The third kappa shape index (κ3) is 2.80. The first-order valence-electron chi connectivity index (χ1n) is 8.57. The smallest absolute Gasteiger partial charge is 0.223 e. The molecule has 2 bridgehead atoms. The van der Waals surface area contributed by atoms with Crippen molar-refractivity contribution in [2.24, 2.45) is 17.8 Å². The van der Waals surface area contributed by atoms with E-state index in [2.05, 4.69) is 29.6 Å². The maximum atomic E-state index is 12.4. The van der Waals surface area contributed by atoms with E-state index >= 15 is 0 Å². The molecule has 4 rings (SSSR count). The van der Waals surface area contributed by atoms with E-state index < -0.39 is 0 Å². The van der Waals surface area contributed by atoms with Gasteiger partial charge in [0.15, 0.2) is 0 Å².